The van der Waals surface area contributed by atoms with Gasteiger partial charge >= 0.3 is 5.97 Å². The van der Waals surface area contributed by atoms with E-state index in [2.05, 4.69) is 15.5 Å². The fourth-order valence-corrected chi connectivity index (χ4v) is 3.00. The van der Waals surface area contributed by atoms with Crippen molar-refractivity contribution in [1.29, 1.82) is 0 Å². The number of anilines is 1. The van der Waals surface area contributed by atoms with Gasteiger partial charge in [0.25, 0.3) is 11.8 Å². The fraction of sp³-hybridized carbons (Fsp3) is 0.0909. The molecule has 4 rings (SSSR count). The van der Waals surface area contributed by atoms with Crippen LogP contribution in [0.15, 0.2) is 63.6 Å². The Morgan fingerprint density at radius 1 is 1.12 bits per heavy atom. The maximum atomic E-state index is 14.4. The predicted molar refractivity (Wildman–Crippen MR) is 110 cm³/mol. The zero-order chi connectivity index (χ0) is 22.7. The van der Waals surface area contributed by atoms with Crippen molar-refractivity contribution in [3.05, 3.63) is 71.7 Å². The van der Waals surface area contributed by atoms with Crippen molar-refractivity contribution in [2.45, 2.75) is 6.42 Å². The third kappa shape index (κ3) is 4.33. The highest BCUT2D eigenvalue weighted by Gasteiger charge is 2.18. The number of aromatic nitrogens is 2. The quantitative estimate of drug-likeness (QED) is 0.444. The molecule has 4 aromatic rings. The van der Waals surface area contributed by atoms with Crippen LogP contribution in [0.2, 0.25) is 0 Å². The summed E-state index contributed by atoms with van der Waals surface area (Å²) >= 11 is 0. The Kier molecular flexibility index (Phi) is 5.67. The molecular weight excluding hydrogens is 421 g/mol. The molecule has 0 aliphatic heterocycles. The lowest BCUT2D eigenvalue weighted by Crippen LogP contribution is -2.15. The van der Waals surface area contributed by atoms with E-state index >= 15 is 0 Å². The first-order valence-electron chi connectivity index (χ1n) is 9.32. The second kappa shape index (κ2) is 8.72. The van der Waals surface area contributed by atoms with Crippen LogP contribution in [0.3, 0.4) is 0 Å². The molecule has 2 N–H and O–H groups in total. The number of ether oxygens (including phenoxy) is 1. The molecule has 0 saturated heterocycles. The molecule has 2 aromatic carbocycles. The fourth-order valence-electron chi connectivity index (χ4n) is 3.00. The SMILES string of the molecule is COc1ccc(CC(=O)O)cc1C(=O)Nc1cc(-c2nnc(-c3ccco3)o2)ccc1F. The molecule has 9 nitrogen and oxygen atoms in total. The number of hydrogen-bond acceptors (Lipinski definition) is 7. The average molecular weight is 437 g/mol. The van der Waals surface area contributed by atoms with Crippen molar-refractivity contribution in [3.63, 3.8) is 0 Å². The van der Waals surface area contributed by atoms with Gasteiger partial charge in [0.15, 0.2) is 5.76 Å². The Balaban J connectivity index is 1.61. The first-order chi connectivity index (χ1) is 15.4. The van der Waals surface area contributed by atoms with Gasteiger partial charge < -0.3 is 24.0 Å². The van der Waals surface area contributed by atoms with Crippen molar-refractivity contribution in [2.75, 3.05) is 12.4 Å². The minimum atomic E-state index is -1.05. The number of furan rings is 1. The van der Waals surface area contributed by atoms with Gasteiger partial charge in [0.05, 0.1) is 31.0 Å². The summed E-state index contributed by atoms with van der Waals surface area (Å²) in [5.74, 6) is -1.55. The number of nitrogens with one attached hydrogen (secondary N) is 1. The van der Waals surface area contributed by atoms with Gasteiger partial charge in [0.1, 0.15) is 11.6 Å². The second-order valence-electron chi connectivity index (χ2n) is 6.64. The standard InChI is InChI=1S/C22H16FN3O6/c1-30-17-7-4-12(10-19(27)28)9-14(17)20(29)24-16-11-13(5-6-15(16)23)21-25-26-22(32-21)18-3-2-8-31-18/h2-9,11H,10H2,1H3,(H,24,29)(H,27,28). The van der Waals surface area contributed by atoms with E-state index < -0.39 is 17.7 Å². The molecule has 2 aromatic heterocycles. The molecule has 2 heterocycles. The van der Waals surface area contributed by atoms with Crippen LogP contribution in [0.1, 0.15) is 15.9 Å². The van der Waals surface area contributed by atoms with E-state index in [1.54, 1.807) is 12.1 Å². The molecular formula is C22H16FN3O6. The van der Waals surface area contributed by atoms with Gasteiger partial charge in [-0.25, -0.2) is 4.39 Å². The summed E-state index contributed by atoms with van der Waals surface area (Å²) < 4.78 is 30.4. The number of benzene rings is 2. The summed E-state index contributed by atoms with van der Waals surface area (Å²) in [6.45, 7) is 0. The van der Waals surface area contributed by atoms with E-state index in [-0.39, 0.29) is 35.2 Å². The van der Waals surface area contributed by atoms with Gasteiger partial charge in [0.2, 0.25) is 5.89 Å². The first-order valence-corrected chi connectivity index (χ1v) is 9.32. The Morgan fingerprint density at radius 2 is 1.94 bits per heavy atom. The monoisotopic (exact) mass is 437 g/mol. The van der Waals surface area contributed by atoms with Crippen LogP contribution >= 0.6 is 0 Å². The highest BCUT2D eigenvalue weighted by molar-refractivity contribution is 6.06. The molecule has 0 aliphatic rings. The number of amides is 1. The maximum absolute atomic E-state index is 14.4. The van der Waals surface area contributed by atoms with Crippen molar-refractivity contribution >= 4 is 17.6 Å². The Hall–Kier alpha value is -4.47. The Bertz CT molecular complexity index is 1280. The van der Waals surface area contributed by atoms with Crippen LogP contribution in [0.4, 0.5) is 10.1 Å². The van der Waals surface area contributed by atoms with E-state index in [1.165, 1.54) is 43.7 Å². The van der Waals surface area contributed by atoms with Gasteiger partial charge in [-0.3, -0.25) is 9.59 Å². The van der Waals surface area contributed by atoms with Gasteiger partial charge in [0, 0.05) is 5.56 Å². The number of rotatable bonds is 7. The van der Waals surface area contributed by atoms with E-state index in [9.17, 15) is 14.0 Å². The number of nitrogens with zero attached hydrogens (tertiary/aromatic N) is 2. The highest BCUT2D eigenvalue weighted by Crippen LogP contribution is 2.28. The van der Waals surface area contributed by atoms with Gasteiger partial charge in [-0.05, 0) is 48.0 Å². The second-order valence-corrected chi connectivity index (χ2v) is 6.64. The van der Waals surface area contributed by atoms with Gasteiger partial charge in [-0.1, -0.05) is 6.07 Å². The summed E-state index contributed by atoms with van der Waals surface area (Å²) in [5, 5.41) is 19.3. The molecule has 162 valence electrons. The topological polar surface area (TPSA) is 128 Å². The molecule has 1 amide bonds. The third-order valence-electron chi connectivity index (χ3n) is 4.48. The van der Waals surface area contributed by atoms with E-state index in [1.807, 2.05) is 0 Å². The molecule has 10 heteroatoms. The molecule has 0 atom stereocenters. The summed E-state index contributed by atoms with van der Waals surface area (Å²) in [5.41, 5.74) is 0.706. The number of aliphatic carboxylic acids is 1. The molecule has 0 aliphatic carbocycles. The van der Waals surface area contributed by atoms with E-state index in [0.717, 1.165) is 6.07 Å². The minimum Gasteiger partial charge on any atom is -0.496 e. The van der Waals surface area contributed by atoms with Crippen LogP contribution in [0.5, 0.6) is 5.75 Å². The van der Waals surface area contributed by atoms with Crippen molar-refractivity contribution in [1.82, 2.24) is 10.2 Å². The summed E-state index contributed by atoms with van der Waals surface area (Å²) in [4.78, 5) is 23.8. The highest BCUT2D eigenvalue weighted by atomic mass is 19.1. The van der Waals surface area contributed by atoms with Crippen LogP contribution in [0, 0.1) is 5.82 Å². The Labute approximate surface area is 180 Å². The first kappa shape index (κ1) is 20.8. The number of carbonyl (C=O) groups excluding carboxylic acids is 1. The Morgan fingerprint density at radius 3 is 2.66 bits per heavy atom. The minimum absolute atomic E-state index is 0.0638. The molecule has 0 radical (unpaired) electrons. The molecule has 0 spiro atoms. The molecule has 0 saturated carbocycles. The van der Waals surface area contributed by atoms with Crippen LogP contribution < -0.4 is 10.1 Å². The lowest BCUT2D eigenvalue weighted by molar-refractivity contribution is -0.136. The number of hydrogen-bond donors (Lipinski definition) is 2. The lowest BCUT2D eigenvalue weighted by atomic mass is 10.1. The van der Waals surface area contributed by atoms with Crippen LogP contribution in [-0.4, -0.2) is 34.3 Å². The summed E-state index contributed by atoms with van der Waals surface area (Å²) in [6.07, 6.45) is 1.19. The number of carbonyl (C=O) groups is 2. The molecule has 32 heavy (non-hydrogen) atoms. The summed E-state index contributed by atoms with van der Waals surface area (Å²) in [6, 6.07) is 11.7. The lowest BCUT2D eigenvalue weighted by Gasteiger charge is -2.12. The van der Waals surface area contributed by atoms with E-state index in [0.29, 0.717) is 16.9 Å². The molecule has 0 fully saturated rings. The molecule has 0 bridgehead atoms. The predicted octanol–water partition coefficient (Wildman–Crippen LogP) is 4.02. The third-order valence-corrected chi connectivity index (χ3v) is 4.48. The van der Waals surface area contributed by atoms with E-state index in [4.69, 9.17) is 18.7 Å². The number of carboxylic acids is 1. The number of halogens is 1. The average Bonchev–Trinajstić information content (AvgIpc) is 3.47. The van der Waals surface area contributed by atoms with Crippen molar-refractivity contribution in [2.24, 2.45) is 0 Å². The van der Waals surface area contributed by atoms with Crippen molar-refractivity contribution < 1.29 is 32.7 Å². The largest absolute Gasteiger partial charge is 0.496 e. The van der Waals surface area contributed by atoms with Crippen molar-refractivity contribution in [3.8, 4) is 28.9 Å². The maximum Gasteiger partial charge on any atom is 0.307 e. The normalized spacial score (nSPS) is 10.7. The number of carboxylic acid groups (broad SMARTS) is 1. The van der Waals surface area contributed by atoms with Gasteiger partial charge in [-0.15, -0.1) is 10.2 Å². The molecule has 0 unspecified atom stereocenters. The van der Waals surface area contributed by atoms with Crippen LogP contribution in [-0.2, 0) is 11.2 Å². The zero-order valence-electron chi connectivity index (χ0n) is 16.7. The van der Waals surface area contributed by atoms with Crippen LogP contribution in [0.25, 0.3) is 23.1 Å². The summed E-state index contributed by atoms with van der Waals surface area (Å²) in [7, 11) is 1.37. The number of methoxy groups -OCH3 is 1. The zero-order valence-corrected chi connectivity index (χ0v) is 16.7. The smallest absolute Gasteiger partial charge is 0.307 e. The van der Waals surface area contributed by atoms with Gasteiger partial charge in [-0.2, -0.15) is 0 Å².